The van der Waals surface area contributed by atoms with E-state index < -0.39 is 0 Å². The number of rotatable bonds is 8. The Morgan fingerprint density at radius 3 is 1.12 bits per heavy atom. The van der Waals surface area contributed by atoms with Crippen molar-refractivity contribution in [3.05, 3.63) is 181 Å². The van der Waals surface area contributed by atoms with Gasteiger partial charge in [0.2, 0.25) is 0 Å². The van der Waals surface area contributed by atoms with Crippen LogP contribution in [0, 0.1) is 0 Å². The number of phenolic OH excluding ortho intramolecular Hbond substituents is 2. The summed E-state index contributed by atoms with van der Waals surface area (Å²) in [6.45, 7) is 0.559. The van der Waals surface area contributed by atoms with E-state index in [1.54, 1.807) is 0 Å². The van der Waals surface area contributed by atoms with Crippen LogP contribution in [-0.4, -0.2) is 10.2 Å². The summed E-state index contributed by atoms with van der Waals surface area (Å²) in [6.07, 6.45) is 0. The predicted molar refractivity (Wildman–Crippen MR) is 212 cm³/mol. The van der Waals surface area contributed by atoms with Crippen molar-refractivity contribution < 1.29 is 19.7 Å². The summed E-state index contributed by atoms with van der Waals surface area (Å²) >= 11 is 0. The SMILES string of the molecule is Oc1c(OCc2ccc(COc3cc4ccccc4c(-c4cccc5ccccc45)c3O)cc2)cc2ccccc2c1-c1cccc2ccccc12. The van der Waals surface area contributed by atoms with Crippen molar-refractivity contribution in [2.75, 3.05) is 0 Å². The lowest BCUT2D eigenvalue weighted by molar-refractivity contribution is 0.287. The average molecular weight is 675 g/mol. The van der Waals surface area contributed by atoms with E-state index in [2.05, 4.69) is 48.5 Å². The van der Waals surface area contributed by atoms with Gasteiger partial charge in [-0.25, -0.2) is 0 Å². The van der Waals surface area contributed by atoms with E-state index in [1.165, 1.54) is 0 Å². The van der Waals surface area contributed by atoms with Gasteiger partial charge in [-0.3, -0.25) is 0 Å². The summed E-state index contributed by atoms with van der Waals surface area (Å²) in [6, 6.07) is 56.7. The van der Waals surface area contributed by atoms with Gasteiger partial charge in [0, 0.05) is 11.1 Å². The Kier molecular flexibility index (Phi) is 7.90. The first-order valence-electron chi connectivity index (χ1n) is 17.4. The molecule has 0 saturated carbocycles. The van der Waals surface area contributed by atoms with E-state index in [9.17, 15) is 10.2 Å². The summed E-state index contributed by atoms with van der Waals surface area (Å²) in [7, 11) is 0. The summed E-state index contributed by atoms with van der Waals surface area (Å²) < 4.78 is 12.6. The van der Waals surface area contributed by atoms with Gasteiger partial charge in [-0.2, -0.15) is 0 Å². The molecule has 0 aromatic heterocycles. The summed E-state index contributed by atoms with van der Waals surface area (Å²) in [4.78, 5) is 0. The largest absolute Gasteiger partial charge is 0.504 e. The summed E-state index contributed by atoms with van der Waals surface area (Å²) in [5, 5.41) is 31.6. The van der Waals surface area contributed by atoms with Gasteiger partial charge in [-0.15, -0.1) is 0 Å². The van der Waals surface area contributed by atoms with E-state index in [0.717, 1.165) is 76.5 Å². The van der Waals surface area contributed by atoms with Gasteiger partial charge in [0.25, 0.3) is 0 Å². The first-order chi connectivity index (χ1) is 25.6. The number of ether oxygens (including phenoxy) is 2. The highest BCUT2D eigenvalue weighted by molar-refractivity contribution is 6.10. The molecule has 0 aliphatic heterocycles. The molecule has 0 atom stereocenters. The Hall–Kier alpha value is -6.78. The standard InChI is InChI=1S/C48H34O4/c49-47-43(27-35-13-3-7-19-39(35)45(47)41-21-9-15-33-11-1-5-17-37(33)41)51-29-31-23-25-32(26-24-31)30-52-44-28-36-14-4-8-20-40(36)46(48(44)50)42-22-10-16-34-12-2-6-18-38(34)42/h1-28,49-50H,29-30H2. The third-order valence-corrected chi connectivity index (χ3v) is 9.90. The molecule has 4 nitrogen and oxygen atoms in total. The fraction of sp³-hybridized carbons (Fsp3) is 0.0417. The van der Waals surface area contributed by atoms with Crippen molar-refractivity contribution >= 4 is 43.1 Å². The molecule has 0 bridgehead atoms. The molecular formula is C48H34O4. The van der Waals surface area contributed by atoms with E-state index in [-0.39, 0.29) is 24.7 Å². The highest BCUT2D eigenvalue weighted by Crippen LogP contribution is 2.47. The minimum Gasteiger partial charge on any atom is -0.504 e. The number of benzene rings is 9. The minimum absolute atomic E-state index is 0.123. The van der Waals surface area contributed by atoms with E-state index in [1.807, 2.05) is 121 Å². The lowest BCUT2D eigenvalue weighted by Gasteiger charge is -2.17. The predicted octanol–water partition coefficient (Wildman–Crippen LogP) is 12.2. The second-order valence-electron chi connectivity index (χ2n) is 13.1. The highest BCUT2D eigenvalue weighted by Gasteiger charge is 2.19. The zero-order chi connectivity index (χ0) is 35.0. The fourth-order valence-corrected chi connectivity index (χ4v) is 7.33. The molecular weight excluding hydrogens is 641 g/mol. The van der Waals surface area contributed by atoms with Crippen LogP contribution in [0.3, 0.4) is 0 Å². The molecule has 0 saturated heterocycles. The van der Waals surface area contributed by atoms with Crippen LogP contribution in [0.4, 0.5) is 0 Å². The summed E-state index contributed by atoms with van der Waals surface area (Å²) in [5.41, 5.74) is 5.35. The third-order valence-electron chi connectivity index (χ3n) is 9.90. The van der Waals surface area contributed by atoms with Crippen LogP contribution in [0.1, 0.15) is 11.1 Å². The maximum atomic E-state index is 11.7. The van der Waals surface area contributed by atoms with Gasteiger partial charge < -0.3 is 19.7 Å². The zero-order valence-corrected chi connectivity index (χ0v) is 28.3. The summed E-state index contributed by atoms with van der Waals surface area (Å²) in [5.74, 6) is 1.11. The number of hydrogen-bond acceptors (Lipinski definition) is 4. The molecule has 9 rings (SSSR count). The Balaban J connectivity index is 0.972. The first kappa shape index (κ1) is 31.2. The van der Waals surface area contributed by atoms with Gasteiger partial charge in [0.1, 0.15) is 13.2 Å². The van der Waals surface area contributed by atoms with Crippen molar-refractivity contribution in [3.63, 3.8) is 0 Å². The maximum Gasteiger partial charge on any atom is 0.166 e. The number of fused-ring (bicyclic) bond motifs is 4. The van der Waals surface area contributed by atoms with Crippen LogP contribution in [0.15, 0.2) is 170 Å². The monoisotopic (exact) mass is 674 g/mol. The molecule has 9 aromatic rings. The van der Waals surface area contributed by atoms with Crippen molar-refractivity contribution in [2.24, 2.45) is 0 Å². The quantitative estimate of drug-likeness (QED) is 0.168. The smallest absolute Gasteiger partial charge is 0.166 e. The molecule has 0 unspecified atom stereocenters. The van der Waals surface area contributed by atoms with Gasteiger partial charge >= 0.3 is 0 Å². The first-order valence-corrected chi connectivity index (χ1v) is 17.4. The molecule has 2 N–H and O–H groups in total. The maximum absolute atomic E-state index is 11.7. The topological polar surface area (TPSA) is 58.9 Å². The molecule has 250 valence electrons. The highest BCUT2D eigenvalue weighted by atomic mass is 16.5. The van der Waals surface area contributed by atoms with Crippen molar-refractivity contribution in [1.29, 1.82) is 0 Å². The molecule has 0 spiro atoms. The van der Waals surface area contributed by atoms with Crippen LogP contribution in [0.5, 0.6) is 23.0 Å². The molecule has 0 heterocycles. The van der Waals surface area contributed by atoms with Crippen LogP contribution in [0.25, 0.3) is 65.3 Å². The molecule has 0 aliphatic carbocycles. The Morgan fingerprint density at radius 1 is 0.346 bits per heavy atom. The van der Waals surface area contributed by atoms with Crippen molar-refractivity contribution in [1.82, 2.24) is 0 Å². The fourth-order valence-electron chi connectivity index (χ4n) is 7.33. The van der Waals surface area contributed by atoms with Crippen LogP contribution >= 0.6 is 0 Å². The minimum atomic E-state index is 0.123. The normalized spacial score (nSPS) is 11.4. The van der Waals surface area contributed by atoms with Gasteiger partial charge in [-0.1, -0.05) is 158 Å². The number of phenols is 2. The molecule has 9 aromatic carbocycles. The van der Waals surface area contributed by atoms with E-state index in [0.29, 0.717) is 11.5 Å². The lowest BCUT2D eigenvalue weighted by Crippen LogP contribution is -2.00. The van der Waals surface area contributed by atoms with E-state index in [4.69, 9.17) is 9.47 Å². The Bertz CT molecular complexity index is 2560. The average Bonchev–Trinajstić information content (AvgIpc) is 3.19. The van der Waals surface area contributed by atoms with E-state index >= 15 is 0 Å². The number of aromatic hydroxyl groups is 2. The van der Waals surface area contributed by atoms with Crippen molar-refractivity contribution in [3.8, 4) is 45.3 Å². The molecule has 0 radical (unpaired) electrons. The third kappa shape index (κ3) is 5.61. The van der Waals surface area contributed by atoms with Gasteiger partial charge in [0.15, 0.2) is 23.0 Å². The second kappa shape index (κ2) is 13.2. The Labute approximate surface area is 301 Å². The zero-order valence-electron chi connectivity index (χ0n) is 28.3. The van der Waals surface area contributed by atoms with Gasteiger partial charge in [-0.05, 0) is 77.5 Å². The molecule has 0 fully saturated rings. The van der Waals surface area contributed by atoms with Crippen LogP contribution < -0.4 is 9.47 Å². The lowest BCUT2D eigenvalue weighted by atomic mass is 9.93. The van der Waals surface area contributed by atoms with Crippen LogP contribution in [-0.2, 0) is 13.2 Å². The molecule has 0 aliphatic rings. The molecule has 4 heteroatoms. The number of hydrogen-bond donors (Lipinski definition) is 2. The molecule has 0 amide bonds. The van der Waals surface area contributed by atoms with Crippen molar-refractivity contribution in [2.45, 2.75) is 13.2 Å². The Morgan fingerprint density at radius 2 is 0.692 bits per heavy atom. The molecule has 52 heavy (non-hydrogen) atoms. The van der Waals surface area contributed by atoms with Gasteiger partial charge in [0.05, 0.1) is 0 Å². The van der Waals surface area contributed by atoms with Crippen LogP contribution in [0.2, 0.25) is 0 Å². The second-order valence-corrected chi connectivity index (χ2v) is 13.1.